The minimum atomic E-state index is 0. The summed E-state index contributed by atoms with van der Waals surface area (Å²) in [4.78, 5) is 25.9. The number of hydrogen-bond acceptors (Lipinski definition) is 8. The molecule has 194 valence electrons. The molecule has 37 heavy (non-hydrogen) atoms. The first-order chi connectivity index (χ1) is 17.4. The van der Waals surface area contributed by atoms with Crippen molar-refractivity contribution in [2.75, 3.05) is 26.0 Å². The number of anilines is 2. The molecule has 0 radical (unpaired) electrons. The van der Waals surface area contributed by atoms with E-state index in [1.807, 2.05) is 62.8 Å². The Bertz CT molecular complexity index is 1330. The van der Waals surface area contributed by atoms with Gasteiger partial charge in [-0.05, 0) is 64.3 Å². The maximum atomic E-state index is 12.8. The van der Waals surface area contributed by atoms with E-state index in [0.717, 1.165) is 28.5 Å². The summed E-state index contributed by atoms with van der Waals surface area (Å²) in [5.74, 6) is 1.46. The number of aromatic nitrogens is 2. The van der Waals surface area contributed by atoms with Crippen molar-refractivity contribution in [1.82, 2.24) is 14.9 Å². The number of benzene rings is 2. The Morgan fingerprint density at radius 2 is 1.89 bits per heavy atom. The predicted octanol–water partition coefficient (Wildman–Crippen LogP) is 8.35. The Balaban J connectivity index is 0.00000380. The molecule has 0 saturated heterocycles. The normalized spacial score (nSPS) is 10.7. The number of halogens is 1. The van der Waals surface area contributed by atoms with Crippen LogP contribution in [-0.2, 0) is 0 Å². The van der Waals surface area contributed by atoms with Crippen molar-refractivity contribution < 1.29 is 9.53 Å². The summed E-state index contributed by atoms with van der Waals surface area (Å²) in [5, 5.41) is 6.34. The average Bonchev–Trinajstić information content (AvgIpc) is 3.27. The number of thiazole rings is 1. The van der Waals surface area contributed by atoms with Gasteiger partial charge in [0.2, 0.25) is 0 Å². The van der Waals surface area contributed by atoms with Crippen molar-refractivity contribution in [1.29, 1.82) is 0 Å². The number of ether oxygens (including phenoxy) is 1. The molecule has 0 amide bonds. The highest BCUT2D eigenvalue weighted by Gasteiger charge is 2.15. The second kappa shape index (κ2) is 13.6. The third-order valence-corrected chi connectivity index (χ3v) is 7.29. The maximum absolute atomic E-state index is 12.8. The van der Waals surface area contributed by atoms with Crippen molar-refractivity contribution in [3.63, 3.8) is 0 Å². The van der Waals surface area contributed by atoms with Crippen LogP contribution in [0.5, 0.6) is 11.5 Å². The molecule has 0 aliphatic carbocycles. The molecule has 0 aliphatic rings. The monoisotopic (exact) mass is 554 g/mol. The molecule has 0 spiro atoms. The molecular weight excluding hydrogens is 524 g/mol. The van der Waals surface area contributed by atoms with Crippen LogP contribution in [-0.4, -0.2) is 41.3 Å². The summed E-state index contributed by atoms with van der Waals surface area (Å²) in [6.45, 7) is 2.79. The minimum Gasteiger partial charge on any atom is -0.452 e. The number of pyridine rings is 1. The van der Waals surface area contributed by atoms with Crippen molar-refractivity contribution in [3.05, 3.63) is 82.5 Å². The van der Waals surface area contributed by atoms with E-state index < -0.39 is 0 Å². The van der Waals surface area contributed by atoms with E-state index >= 15 is 0 Å². The Kier molecular flexibility index (Phi) is 10.5. The van der Waals surface area contributed by atoms with Gasteiger partial charge < -0.3 is 15.0 Å². The van der Waals surface area contributed by atoms with Crippen molar-refractivity contribution >= 4 is 51.4 Å². The molecule has 0 fully saturated rings. The van der Waals surface area contributed by atoms with Crippen molar-refractivity contribution in [3.8, 4) is 11.5 Å². The van der Waals surface area contributed by atoms with Crippen LogP contribution in [0.15, 0.2) is 76.0 Å². The Hall–Kier alpha value is -2.91. The highest BCUT2D eigenvalue weighted by Crippen LogP contribution is 2.38. The van der Waals surface area contributed by atoms with Gasteiger partial charge in [-0.2, -0.15) is 0 Å². The number of carbonyl (C=O) groups excluding carboxylic acids is 1. The molecule has 6 nitrogen and oxygen atoms in total. The van der Waals surface area contributed by atoms with E-state index in [2.05, 4.69) is 20.2 Å². The van der Waals surface area contributed by atoms with Crippen LogP contribution in [0.3, 0.4) is 0 Å². The Morgan fingerprint density at radius 1 is 1.11 bits per heavy atom. The number of ketones is 1. The molecule has 2 aromatic heterocycles. The first kappa shape index (κ1) is 28.7. The summed E-state index contributed by atoms with van der Waals surface area (Å²) in [5.41, 5.74) is 1.49. The van der Waals surface area contributed by atoms with Gasteiger partial charge in [-0.3, -0.25) is 4.79 Å². The zero-order valence-corrected chi connectivity index (χ0v) is 22.7. The number of aryl methyl sites for hydroxylation is 1. The van der Waals surface area contributed by atoms with Gasteiger partial charge in [0, 0.05) is 39.4 Å². The lowest BCUT2D eigenvalue weighted by Gasteiger charge is -2.14. The van der Waals surface area contributed by atoms with Gasteiger partial charge in [0.25, 0.3) is 0 Å². The lowest BCUT2D eigenvalue weighted by molar-refractivity contribution is 0.0977. The van der Waals surface area contributed by atoms with E-state index in [0.29, 0.717) is 39.5 Å². The first-order valence-electron chi connectivity index (χ1n) is 11.4. The van der Waals surface area contributed by atoms with Gasteiger partial charge in [0.1, 0.15) is 5.75 Å². The van der Waals surface area contributed by atoms with E-state index in [9.17, 15) is 4.79 Å². The van der Waals surface area contributed by atoms with Crippen LogP contribution in [0.4, 0.5) is 10.9 Å². The molecule has 4 rings (SSSR count). The molecule has 0 atom stereocenters. The fraction of sp³-hybridized carbons (Fsp3) is 0.250. The first-order valence-corrected chi connectivity index (χ1v) is 13.5. The average molecular weight is 555 g/mol. The van der Waals surface area contributed by atoms with Gasteiger partial charge in [0.05, 0.1) is 10.7 Å². The molecule has 0 bridgehead atoms. The Morgan fingerprint density at radius 3 is 2.59 bits per heavy atom. The molecule has 4 aromatic rings. The van der Waals surface area contributed by atoms with Crippen molar-refractivity contribution in [2.45, 2.75) is 37.0 Å². The number of hydrogen-bond donors (Lipinski definition) is 1. The van der Waals surface area contributed by atoms with Crippen LogP contribution in [0.1, 0.15) is 36.3 Å². The van der Waals surface area contributed by atoms with Gasteiger partial charge in [-0.25, -0.2) is 9.97 Å². The van der Waals surface area contributed by atoms with Gasteiger partial charge in [0.15, 0.2) is 22.5 Å². The third-order valence-electron chi connectivity index (χ3n) is 5.13. The summed E-state index contributed by atoms with van der Waals surface area (Å²) in [7, 11) is 3.99. The highest BCUT2D eigenvalue weighted by atomic mass is 35.5. The predicted molar refractivity (Wildman–Crippen MR) is 155 cm³/mol. The van der Waals surface area contributed by atoms with E-state index in [-0.39, 0.29) is 13.2 Å². The fourth-order valence-corrected chi connectivity index (χ4v) is 5.05. The second-order valence-corrected chi connectivity index (χ2v) is 10.8. The maximum Gasteiger partial charge on any atom is 0.188 e. The number of carbonyl (C=O) groups is 1. The van der Waals surface area contributed by atoms with Gasteiger partial charge >= 0.3 is 0 Å². The van der Waals surface area contributed by atoms with Gasteiger partial charge in [-0.1, -0.05) is 49.0 Å². The van der Waals surface area contributed by atoms with Crippen LogP contribution in [0, 0.1) is 6.92 Å². The quantitative estimate of drug-likeness (QED) is 0.187. The number of nitrogens with zero attached hydrogens (tertiary/aromatic N) is 3. The number of rotatable bonds is 11. The van der Waals surface area contributed by atoms with Crippen LogP contribution >= 0.6 is 34.7 Å². The zero-order valence-electron chi connectivity index (χ0n) is 20.3. The summed E-state index contributed by atoms with van der Waals surface area (Å²) in [6, 6.07) is 17.1. The number of Topliss-reactive ketones (excluding diaryl/α,β-unsaturated/α-hetero) is 1. The zero-order chi connectivity index (χ0) is 25.5. The van der Waals surface area contributed by atoms with E-state index in [1.165, 1.54) is 11.3 Å². The highest BCUT2D eigenvalue weighted by molar-refractivity contribution is 7.99. The lowest BCUT2D eigenvalue weighted by atomic mass is 10.1. The van der Waals surface area contributed by atoms with Crippen LogP contribution in [0.2, 0.25) is 5.02 Å². The molecular formula is C28H31ClN4O2S2. The molecule has 2 aromatic carbocycles. The SMILES string of the molecule is C.Cc1csc(Nc2ncc(Sc3ccccc3)cc2Oc2cc(C(=O)CCCN(C)C)ccc2Cl)n1. The number of nitrogens with one attached hydrogen (secondary N) is 1. The summed E-state index contributed by atoms with van der Waals surface area (Å²) >= 11 is 9.55. The summed E-state index contributed by atoms with van der Waals surface area (Å²) < 4.78 is 6.28. The molecule has 0 saturated carbocycles. The lowest BCUT2D eigenvalue weighted by Crippen LogP contribution is -2.14. The largest absolute Gasteiger partial charge is 0.452 e. The minimum absolute atomic E-state index is 0. The second-order valence-electron chi connectivity index (χ2n) is 8.43. The van der Waals surface area contributed by atoms with Crippen molar-refractivity contribution in [2.24, 2.45) is 0 Å². The molecule has 2 heterocycles. The van der Waals surface area contributed by atoms with E-state index in [4.69, 9.17) is 16.3 Å². The molecule has 0 aliphatic heterocycles. The van der Waals surface area contributed by atoms with Gasteiger partial charge in [-0.15, -0.1) is 11.3 Å². The van der Waals surface area contributed by atoms with Crippen LogP contribution in [0.25, 0.3) is 0 Å². The smallest absolute Gasteiger partial charge is 0.188 e. The standard InChI is InChI=1S/C27H27ClN4O2S2.CH4/c1-18-17-35-27(30-18)31-26-25(15-21(16-29-26)36-20-8-5-4-6-9-20)34-24-14-19(11-12-22(24)28)23(33)10-7-13-32(2)3;/h4-6,8-9,11-12,14-17H,7,10,13H2,1-3H3,(H,29,30,31);1H4. The van der Waals surface area contributed by atoms with E-state index in [1.54, 1.807) is 36.2 Å². The fourth-order valence-electron chi connectivity index (χ4n) is 3.37. The third kappa shape index (κ3) is 8.30. The summed E-state index contributed by atoms with van der Waals surface area (Å²) in [6.07, 6.45) is 3.04. The molecule has 0 unspecified atom stereocenters. The topological polar surface area (TPSA) is 67.4 Å². The molecule has 9 heteroatoms. The van der Waals surface area contributed by atoms with Crippen LogP contribution < -0.4 is 10.1 Å². The Labute approximate surface area is 232 Å². The molecule has 1 N–H and O–H groups in total.